The molecule has 0 aliphatic carbocycles. The highest BCUT2D eigenvalue weighted by atomic mass is 32.2. The lowest BCUT2D eigenvalue weighted by Crippen LogP contribution is -2.17. The third kappa shape index (κ3) is 4.86. The van der Waals surface area contributed by atoms with Crippen molar-refractivity contribution in [3.63, 3.8) is 0 Å². The highest BCUT2D eigenvalue weighted by molar-refractivity contribution is 8.12. The molecular weight excluding hydrogens is 402 g/mol. The maximum atomic E-state index is 13.0. The molecule has 1 aromatic carbocycles. The second-order valence-electron chi connectivity index (χ2n) is 5.62. The molecule has 0 aliphatic rings. The maximum absolute atomic E-state index is 13.0. The molecular formula is C20H17N7O2S. The number of rotatable bonds is 9. The Labute approximate surface area is 176 Å². The van der Waals surface area contributed by atoms with Crippen LogP contribution in [0.25, 0.3) is 11.4 Å². The summed E-state index contributed by atoms with van der Waals surface area (Å²) in [5.41, 5.74) is 2.46. The van der Waals surface area contributed by atoms with Gasteiger partial charge in [0.1, 0.15) is 22.2 Å². The van der Waals surface area contributed by atoms with Crippen LogP contribution in [-0.2, 0) is 0 Å². The summed E-state index contributed by atoms with van der Waals surface area (Å²) in [4.78, 5) is 26.0. The van der Waals surface area contributed by atoms with Crippen LogP contribution in [0.15, 0.2) is 66.6 Å². The molecule has 3 rings (SSSR count). The summed E-state index contributed by atoms with van der Waals surface area (Å²) in [5, 5.41) is 20.4. The summed E-state index contributed by atoms with van der Waals surface area (Å²) in [7, 11) is 0. The van der Waals surface area contributed by atoms with Crippen LogP contribution < -0.4 is 15.4 Å². The first-order valence-electron chi connectivity index (χ1n) is 8.58. The molecule has 1 amide bonds. The molecule has 2 aromatic heterocycles. The Morgan fingerprint density at radius 3 is 2.60 bits per heavy atom. The van der Waals surface area contributed by atoms with E-state index in [1.54, 1.807) is 48.8 Å². The topological polar surface area (TPSA) is 137 Å². The van der Waals surface area contributed by atoms with Crippen LogP contribution in [0.2, 0.25) is 0 Å². The van der Waals surface area contributed by atoms with Crippen LogP contribution in [0.3, 0.4) is 0 Å². The van der Waals surface area contributed by atoms with E-state index in [1.807, 2.05) is 0 Å². The van der Waals surface area contributed by atoms with Gasteiger partial charge < -0.3 is 20.8 Å². The Bertz CT molecular complexity index is 1040. The summed E-state index contributed by atoms with van der Waals surface area (Å²) < 4.78 is 4.96. The minimum absolute atomic E-state index is 0.177. The molecule has 0 saturated carbocycles. The predicted molar refractivity (Wildman–Crippen MR) is 118 cm³/mol. The van der Waals surface area contributed by atoms with Gasteiger partial charge in [-0.25, -0.2) is 9.97 Å². The average molecular weight is 419 g/mol. The van der Waals surface area contributed by atoms with E-state index >= 15 is 0 Å². The number of nitrogens with zero attached hydrogens (tertiary/aromatic N) is 3. The number of thioether (sulfide) groups is 1. The second-order valence-corrected chi connectivity index (χ2v) is 6.47. The molecule has 3 aromatic rings. The molecule has 0 bridgehead atoms. The van der Waals surface area contributed by atoms with Gasteiger partial charge in [-0.1, -0.05) is 18.3 Å². The van der Waals surface area contributed by atoms with Crippen LogP contribution in [0.4, 0.5) is 11.5 Å². The molecule has 0 radical (unpaired) electrons. The largest absolute Gasteiger partial charge is 0.446 e. The Morgan fingerprint density at radius 1 is 1.17 bits per heavy atom. The van der Waals surface area contributed by atoms with E-state index in [-0.39, 0.29) is 11.4 Å². The van der Waals surface area contributed by atoms with E-state index in [4.69, 9.17) is 15.6 Å². The molecule has 0 aliphatic heterocycles. The van der Waals surface area contributed by atoms with Crippen LogP contribution in [0.1, 0.15) is 10.4 Å². The Hall–Kier alpha value is -4.05. The average Bonchev–Trinajstić information content (AvgIpc) is 2.76. The monoisotopic (exact) mass is 419 g/mol. The number of hydrogen-bond donors (Lipinski definition) is 4. The lowest BCUT2D eigenvalue weighted by Gasteiger charge is -2.14. The molecule has 0 unspecified atom stereocenters. The number of carbonyl (C=O) groups excluding carboxylic acids is 1. The summed E-state index contributed by atoms with van der Waals surface area (Å²) in [5.74, 6) is 0.634. The summed E-state index contributed by atoms with van der Waals surface area (Å²) in [6, 6.07) is 10.1. The number of hydrogen-bond acceptors (Lipinski definition) is 9. The van der Waals surface area contributed by atoms with Crippen LogP contribution in [-0.4, -0.2) is 32.8 Å². The first-order valence-corrected chi connectivity index (χ1v) is 9.46. The zero-order valence-corrected chi connectivity index (χ0v) is 16.4. The van der Waals surface area contributed by atoms with Crippen molar-refractivity contribution in [2.24, 2.45) is 0 Å². The fourth-order valence-corrected chi connectivity index (χ4v) is 3.05. The smallest absolute Gasteiger partial charge is 0.262 e. The van der Waals surface area contributed by atoms with Crippen LogP contribution >= 0.6 is 11.8 Å². The standard InChI is InChI=1S/C20H17N7O2S/c1-2-24-18-16(19(28)25-14-5-7-15(8-6-14)29-11-21)20(30-12-22)27-17(26-18)13-4-3-9-23-10-13/h2-12,21-22H,1H2,(H,25,28)(H,24,26,27). The molecule has 0 fully saturated rings. The Morgan fingerprint density at radius 2 is 1.97 bits per heavy atom. The lowest BCUT2D eigenvalue weighted by molar-refractivity contribution is 0.102. The van der Waals surface area contributed by atoms with Crippen LogP contribution in [0.5, 0.6) is 5.75 Å². The normalized spacial score (nSPS) is 10.0. The van der Waals surface area contributed by atoms with Gasteiger partial charge in [0.05, 0.1) is 5.55 Å². The fraction of sp³-hybridized carbons (Fsp3) is 0. The van der Waals surface area contributed by atoms with Crippen molar-refractivity contribution >= 4 is 41.1 Å². The number of aromatic nitrogens is 3. The summed E-state index contributed by atoms with van der Waals surface area (Å²) in [6.45, 7) is 3.65. The van der Waals surface area contributed by atoms with Gasteiger partial charge >= 0.3 is 0 Å². The number of benzene rings is 1. The van der Waals surface area contributed by atoms with E-state index in [2.05, 4.69) is 32.2 Å². The van der Waals surface area contributed by atoms with Crippen molar-refractivity contribution in [3.8, 4) is 17.1 Å². The van der Waals surface area contributed by atoms with E-state index in [9.17, 15) is 4.79 Å². The zero-order valence-electron chi connectivity index (χ0n) is 15.6. The van der Waals surface area contributed by atoms with Gasteiger partial charge in [-0.2, -0.15) is 0 Å². The van der Waals surface area contributed by atoms with Gasteiger partial charge in [0.2, 0.25) is 0 Å². The number of pyridine rings is 1. The van der Waals surface area contributed by atoms with Crippen LogP contribution in [0, 0.1) is 10.8 Å². The molecule has 0 spiro atoms. The first kappa shape index (κ1) is 20.7. The van der Waals surface area contributed by atoms with Crippen molar-refractivity contribution in [1.82, 2.24) is 15.0 Å². The minimum atomic E-state index is -0.456. The van der Waals surface area contributed by atoms with E-state index < -0.39 is 5.91 Å². The lowest BCUT2D eigenvalue weighted by atomic mass is 10.2. The number of nitrogens with one attached hydrogen (secondary N) is 4. The zero-order chi connectivity index (χ0) is 21.3. The van der Waals surface area contributed by atoms with Gasteiger partial charge in [0.15, 0.2) is 12.2 Å². The van der Waals surface area contributed by atoms with Gasteiger partial charge in [0, 0.05) is 23.6 Å². The molecule has 4 N–H and O–H groups in total. The third-order valence-electron chi connectivity index (χ3n) is 3.74. The molecule has 150 valence electrons. The van der Waals surface area contributed by atoms with E-state index in [0.29, 0.717) is 27.9 Å². The van der Waals surface area contributed by atoms with Crippen molar-refractivity contribution in [3.05, 3.63) is 67.1 Å². The van der Waals surface area contributed by atoms with Gasteiger partial charge in [-0.3, -0.25) is 15.2 Å². The third-order valence-corrected chi connectivity index (χ3v) is 4.38. The highest BCUT2D eigenvalue weighted by Gasteiger charge is 2.22. The van der Waals surface area contributed by atoms with Crippen molar-refractivity contribution in [2.75, 3.05) is 10.6 Å². The van der Waals surface area contributed by atoms with Gasteiger partial charge in [-0.05, 0) is 42.6 Å². The molecule has 0 atom stereocenters. The predicted octanol–water partition coefficient (Wildman–Crippen LogP) is 4.03. The SMILES string of the molecule is C=CNc1nc(-c2cccnc2)nc(SC=N)c1C(=O)Nc1ccc(OC=N)cc1. The quantitative estimate of drug-likeness (QED) is 0.178. The summed E-state index contributed by atoms with van der Waals surface area (Å²) >= 11 is 0.989. The highest BCUT2D eigenvalue weighted by Crippen LogP contribution is 2.29. The maximum Gasteiger partial charge on any atom is 0.262 e. The molecule has 9 nitrogen and oxygen atoms in total. The van der Waals surface area contributed by atoms with Crippen molar-refractivity contribution in [1.29, 1.82) is 10.8 Å². The van der Waals surface area contributed by atoms with Crippen molar-refractivity contribution in [2.45, 2.75) is 5.03 Å². The Balaban J connectivity index is 2.00. The molecule has 2 heterocycles. The minimum Gasteiger partial charge on any atom is -0.446 e. The second kappa shape index (κ2) is 9.94. The Kier molecular flexibility index (Phi) is 6.85. The van der Waals surface area contributed by atoms with Gasteiger partial charge in [-0.15, -0.1) is 0 Å². The number of amides is 1. The van der Waals surface area contributed by atoms with E-state index in [1.165, 1.54) is 6.20 Å². The molecule has 0 saturated heterocycles. The summed E-state index contributed by atoms with van der Waals surface area (Å²) in [6.07, 6.45) is 5.49. The number of ether oxygens (including phenoxy) is 1. The number of anilines is 2. The van der Waals surface area contributed by atoms with E-state index in [0.717, 1.165) is 23.7 Å². The van der Waals surface area contributed by atoms with Gasteiger partial charge in [0.25, 0.3) is 5.91 Å². The van der Waals surface area contributed by atoms with Crippen molar-refractivity contribution < 1.29 is 9.53 Å². The number of carbonyl (C=O) groups is 1. The fourth-order valence-electron chi connectivity index (χ4n) is 2.49. The first-order chi connectivity index (χ1) is 14.7. The molecule has 30 heavy (non-hydrogen) atoms. The molecule has 10 heteroatoms.